The maximum atomic E-state index is 12.1. The molecular weight excluding hydrogens is 320 g/mol. The van der Waals surface area contributed by atoms with Crippen LogP contribution in [0.5, 0.6) is 17.2 Å². The maximum absolute atomic E-state index is 12.1. The van der Waals surface area contributed by atoms with Gasteiger partial charge in [-0.2, -0.15) is 5.10 Å². The number of hydrazone groups is 1. The summed E-state index contributed by atoms with van der Waals surface area (Å²) >= 11 is 0. The van der Waals surface area contributed by atoms with Gasteiger partial charge in [-0.1, -0.05) is 20.8 Å². The number of hydrogen-bond donors (Lipinski definition) is 1. The fourth-order valence-electron chi connectivity index (χ4n) is 4.38. The third-order valence-corrected chi connectivity index (χ3v) is 6.54. The Kier molecular flexibility index (Phi) is 3.67. The molecule has 2 bridgehead atoms. The van der Waals surface area contributed by atoms with Crippen molar-refractivity contribution in [2.24, 2.45) is 21.8 Å². The molecule has 2 aliphatic carbocycles. The van der Waals surface area contributed by atoms with Gasteiger partial charge in [0.05, 0.1) is 0 Å². The topological polar surface area (TPSA) is 69.2 Å². The van der Waals surface area contributed by atoms with E-state index in [1.165, 1.54) is 6.42 Å². The average molecular weight is 344 g/mol. The molecule has 0 aromatic heterocycles. The number of hydrogen-bond acceptors (Lipinski definition) is 5. The van der Waals surface area contributed by atoms with Crippen LogP contribution < -0.4 is 19.6 Å². The Morgan fingerprint density at radius 2 is 2.12 bits per heavy atom. The van der Waals surface area contributed by atoms with Crippen LogP contribution in [0, 0.1) is 16.7 Å². The van der Waals surface area contributed by atoms with Crippen LogP contribution in [0.2, 0.25) is 0 Å². The Morgan fingerprint density at radius 3 is 2.84 bits per heavy atom. The van der Waals surface area contributed by atoms with Crippen molar-refractivity contribution in [2.75, 3.05) is 13.4 Å². The predicted molar refractivity (Wildman–Crippen MR) is 92.9 cm³/mol. The van der Waals surface area contributed by atoms with Crippen LogP contribution in [0.4, 0.5) is 0 Å². The first kappa shape index (κ1) is 16.2. The van der Waals surface area contributed by atoms with E-state index in [9.17, 15) is 4.79 Å². The number of fused-ring (bicyclic) bond motifs is 3. The van der Waals surface area contributed by atoms with E-state index in [4.69, 9.17) is 14.2 Å². The molecule has 1 aromatic carbocycles. The minimum absolute atomic E-state index is 0.0834. The summed E-state index contributed by atoms with van der Waals surface area (Å²) in [4.78, 5) is 12.1. The number of carbonyl (C=O) groups is 1. The molecule has 2 atom stereocenters. The molecule has 1 aliphatic heterocycles. The van der Waals surface area contributed by atoms with E-state index in [1.54, 1.807) is 18.2 Å². The van der Waals surface area contributed by atoms with Crippen molar-refractivity contribution >= 4 is 11.6 Å². The van der Waals surface area contributed by atoms with Crippen molar-refractivity contribution in [3.8, 4) is 17.2 Å². The lowest BCUT2D eigenvalue weighted by molar-refractivity contribution is -0.123. The van der Waals surface area contributed by atoms with Crippen LogP contribution in [0.3, 0.4) is 0 Å². The number of carbonyl (C=O) groups excluding carboxylic acids is 1. The Hall–Kier alpha value is -2.24. The summed E-state index contributed by atoms with van der Waals surface area (Å²) < 4.78 is 16.1. The Balaban J connectivity index is 1.34. The van der Waals surface area contributed by atoms with E-state index >= 15 is 0 Å². The van der Waals surface area contributed by atoms with Crippen molar-refractivity contribution in [1.82, 2.24) is 5.43 Å². The normalized spacial score (nSPS) is 29.9. The van der Waals surface area contributed by atoms with E-state index in [2.05, 4.69) is 31.3 Å². The fourth-order valence-corrected chi connectivity index (χ4v) is 4.38. The van der Waals surface area contributed by atoms with Gasteiger partial charge in [0.2, 0.25) is 6.79 Å². The van der Waals surface area contributed by atoms with Gasteiger partial charge >= 0.3 is 0 Å². The lowest BCUT2D eigenvalue weighted by Crippen LogP contribution is -2.35. The molecule has 6 nitrogen and oxygen atoms in total. The van der Waals surface area contributed by atoms with Crippen LogP contribution in [0.25, 0.3) is 0 Å². The molecule has 3 aliphatic rings. The minimum Gasteiger partial charge on any atom is -0.484 e. The summed E-state index contributed by atoms with van der Waals surface area (Å²) in [6.07, 6.45) is 3.38. The molecule has 0 saturated heterocycles. The quantitative estimate of drug-likeness (QED) is 0.852. The minimum atomic E-state index is -0.255. The van der Waals surface area contributed by atoms with Gasteiger partial charge in [0.25, 0.3) is 5.91 Å². The maximum Gasteiger partial charge on any atom is 0.277 e. The molecule has 6 heteroatoms. The number of amides is 1. The van der Waals surface area contributed by atoms with Crippen LogP contribution in [-0.2, 0) is 4.79 Å². The molecule has 2 saturated carbocycles. The number of benzene rings is 1. The molecular formula is C19H24N2O4. The number of nitrogens with one attached hydrogen (secondary N) is 1. The highest BCUT2D eigenvalue weighted by atomic mass is 16.7. The largest absolute Gasteiger partial charge is 0.484 e. The van der Waals surface area contributed by atoms with Crippen LogP contribution in [0.1, 0.15) is 40.0 Å². The third kappa shape index (κ3) is 2.55. The van der Waals surface area contributed by atoms with Gasteiger partial charge in [-0.05, 0) is 42.7 Å². The van der Waals surface area contributed by atoms with Gasteiger partial charge in [0, 0.05) is 17.2 Å². The smallest absolute Gasteiger partial charge is 0.277 e. The summed E-state index contributed by atoms with van der Waals surface area (Å²) in [5, 5.41) is 4.44. The second kappa shape index (κ2) is 5.64. The molecule has 0 spiro atoms. The molecule has 25 heavy (non-hydrogen) atoms. The second-order valence-electron chi connectivity index (χ2n) is 7.89. The molecule has 1 N–H and O–H groups in total. The van der Waals surface area contributed by atoms with Gasteiger partial charge in [0.1, 0.15) is 5.75 Å². The first-order chi connectivity index (χ1) is 11.9. The highest BCUT2D eigenvalue weighted by Gasteiger charge is 2.60. The van der Waals surface area contributed by atoms with Gasteiger partial charge in [-0.25, -0.2) is 5.43 Å². The standard InChI is InChI=1S/C19H24N2O4/c1-18(2)12-6-7-19(18,3)16(8-12)20-21-17(22)10-23-13-4-5-14-15(9-13)25-11-24-14/h4-5,9,12H,6-8,10-11H2,1-3H3,(H,21,22)/b20-16-. The van der Waals surface area contributed by atoms with Gasteiger partial charge in [-0.15, -0.1) is 0 Å². The molecule has 4 rings (SSSR count). The van der Waals surface area contributed by atoms with E-state index in [0.29, 0.717) is 23.2 Å². The van der Waals surface area contributed by atoms with Gasteiger partial charge in [0.15, 0.2) is 18.1 Å². The molecule has 2 unspecified atom stereocenters. The summed E-state index contributed by atoms with van der Waals surface area (Å²) in [7, 11) is 0. The van der Waals surface area contributed by atoms with Crippen LogP contribution >= 0.6 is 0 Å². The zero-order valence-corrected chi connectivity index (χ0v) is 14.9. The van der Waals surface area contributed by atoms with E-state index in [1.807, 2.05) is 0 Å². The summed E-state index contributed by atoms with van der Waals surface area (Å²) in [6.45, 7) is 7.04. The molecule has 1 amide bonds. The highest BCUT2D eigenvalue weighted by Crippen LogP contribution is 2.63. The van der Waals surface area contributed by atoms with E-state index in [0.717, 1.165) is 18.6 Å². The van der Waals surface area contributed by atoms with Crippen LogP contribution in [-0.4, -0.2) is 25.0 Å². The van der Waals surface area contributed by atoms with E-state index in [-0.39, 0.29) is 30.1 Å². The molecule has 0 radical (unpaired) electrons. The monoisotopic (exact) mass is 344 g/mol. The highest BCUT2D eigenvalue weighted by molar-refractivity contribution is 5.95. The zero-order valence-electron chi connectivity index (χ0n) is 14.9. The van der Waals surface area contributed by atoms with Crippen molar-refractivity contribution in [1.29, 1.82) is 0 Å². The Morgan fingerprint density at radius 1 is 1.32 bits per heavy atom. The van der Waals surface area contributed by atoms with Crippen molar-refractivity contribution < 1.29 is 19.0 Å². The van der Waals surface area contributed by atoms with Crippen molar-refractivity contribution in [3.63, 3.8) is 0 Å². The fraction of sp³-hybridized carbons (Fsp3) is 0.579. The molecule has 1 heterocycles. The predicted octanol–water partition coefficient (Wildman–Crippen LogP) is 3.11. The first-order valence-electron chi connectivity index (χ1n) is 8.78. The van der Waals surface area contributed by atoms with E-state index < -0.39 is 0 Å². The summed E-state index contributed by atoms with van der Waals surface area (Å²) in [5.41, 5.74) is 4.11. The number of rotatable bonds is 4. The average Bonchev–Trinajstić information content (AvgIpc) is 3.19. The summed E-state index contributed by atoms with van der Waals surface area (Å²) in [6, 6.07) is 5.25. The third-order valence-electron chi connectivity index (χ3n) is 6.54. The van der Waals surface area contributed by atoms with Crippen molar-refractivity contribution in [3.05, 3.63) is 18.2 Å². The van der Waals surface area contributed by atoms with Crippen LogP contribution in [0.15, 0.2) is 23.3 Å². The molecule has 2 fully saturated rings. The molecule has 1 aromatic rings. The first-order valence-corrected chi connectivity index (χ1v) is 8.78. The van der Waals surface area contributed by atoms with Gasteiger partial charge in [-0.3, -0.25) is 4.79 Å². The lowest BCUT2D eigenvalue weighted by atomic mass is 9.70. The van der Waals surface area contributed by atoms with Crippen molar-refractivity contribution in [2.45, 2.75) is 40.0 Å². The Bertz CT molecular complexity index is 743. The number of ether oxygens (including phenoxy) is 3. The second-order valence-corrected chi connectivity index (χ2v) is 7.89. The SMILES string of the molecule is CC12CCC(C/C1=N/NC(=O)COc1ccc3c(c1)OCO3)C2(C)C. The number of nitrogens with zero attached hydrogens (tertiary/aromatic N) is 1. The Labute approximate surface area is 147 Å². The lowest BCUT2D eigenvalue weighted by Gasteiger charge is -2.34. The van der Waals surface area contributed by atoms with Gasteiger partial charge < -0.3 is 14.2 Å². The summed E-state index contributed by atoms with van der Waals surface area (Å²) in [5.74, 6) is 2.30. The molecule has 134 valence electrons. The zero-order chi connectivity index (χ0) is 17.7.